The highest BCUT2D eigenvalue weighted by Crippen LogP contribution is 2.31. The molecule has 0 spiro atoms. The van der Waals surface area contributed by atoms with Crippen LogP contribution in [0.1, 0.15) is 20.3 Å². The monoisotopic (exact) mass is 402 g/mol. The summed E-state index contributed by atoms with van der Waals surface area (Å²) < 4.78 is 1.67. The fourth-order valence-corrected chi connectivity index (χ4v) is 3.00. The van der Waals surface area contributed by atoms with Gasteiger partial charge in [-0.25, -0.2) is 0 Å². The van der Waals surface area contributed by atoms with Gasteiger partial charge in [0.25, 0.3) is 0 Å². The van der Waals surface area contributed by atoms with Crippen LogP contribution in [-0.2, 0) is 9.59 Å². The number of anilines is 1. The number of halogens is 2. The number of amides is 2. The fraction of sp³-hybridized carbons (Fsp3) is 0.429. The molecule has 0 aromatic heterocycles. The van der Waals surface area contributed by atoms with Gasteiger partial charge in [-0.2, -0.15) is 0 Å². The second-order valence-electron chi connectivity index (χ2n) is 4.95. The number of benzene rings is 1. The molecule has 1 N–H and O–H groups in total. The lowest BCUT2D eigenvalue weighted by Crippen LogP contribution is -2.60. The van der Waals surface area contributed by atoms with Gasteiger partial charge in [-0.15, -0.1) is 0 Å². The molecular formula is C14H16Br2N2O2. The molecule has 1 aliphatic rings. The standard InChI is InChI=1S/C14H16Br2N2O2/c1-3-8(2)13-14(20)18(7-12(19)17-13)11-6-9(15)4-5-10(11)16/h4-6,8,13H,3,7H2,1-2H3,(H,17,19). The zero-order valence-corrected chi connectivity index (χ0v) is 14.5. The predicted octanol–water partition coefficient (Wildman–Crippen LogP) is 3.09. The van der Waals surface area contributed by atoms with Crippen LogP contribution in [0.15, 0.2) is 27.1 Å². The molecule has 0 bridgehead atoms. The number of rotatable bonds is 3. The van der Waals surface area contributed by atoms with Crippen LogP contribution in [0.25, 0.3) is 0 Å². The molecule has 1 saturated heterocycles. The highest BCUT2D eigenvalue weighted by Gasteiger charge is 2.36. The third-order valence-electron chi connectivity index (χ3n) is 3.56. The van der Waals surface area contributed by atoms with Gasteiger partial charge in [-0.1, -0.05) is 36.2 Å². The SMILES string of the molecule is CCC(C)C1NC(=O)CN(c2cc(Br)ccc2Br)C1=O. The van der Waals surface area contributed by atoms with Gasteiger partial charge in [0, 0.05) is 8.95 Å². The highest BCUT2D eigenvalue weighted by atomic mass is 79.9. The average molecular weight is 404 g/mol. The van der Waals surface area contributed by atoms with Crippen molar-refractivity contribution in [2.75, 3.05) is 11.4 Å². The molecule has 1 heterocycles. The van der Waals surface area contributed by atoms with E-state index >= 15 is 0 Å². The molecule has 0 aliphatic carbocycles. The Morgan fingerprint density at radius 2 is 2.10 bits per heavy atom. The topological polar surface area (TPSA) is 49.4 Å². The van der Waals surface area contributed by atoms with Crippen LogP contribution >= 0.6 is 31.9 Å². The number of hydrogen-bond donors (Lipinski definition) is 1. The zero-order valence-electron chi connectivity index (χ0n) is 11.3. The molecule has 1 aliphatic heterocycles. The van der Waals surface area contributed by atoms with Crippen molar-refractivity contribution in [1.82, 2.24) is 5.32 Å². The van der Waals surface area contributed by atoms with Crippen LogP contribution in [0.4, 0.5) is 5.69 Å². The number of piperazine rings is 1. The molecule has 6 heteroatoms. The van der Waals surface area contributed by atoms with E-state index in [0.29, 0.717) is 5.69 Å². The minimum Gasteiger partial charge on any atom is -0.342 e. The lowest BCUT2D eigenvalue weighted by Gasteiger charge is -2.35. The zero-order chi connectivity index (χ0) is 14.9. The van der Waals surface area contributed by atoms with Gasteiger partial charge in [0.05, 0.1) is 5.69 Å². The normalized spacial score (nSPS) is 20.8. The molecule has 0 radical (unpaired) electrons. The first kappa shape index (κ1) is 15.5. The van der Waals surface area contributed by atoms with Crippen LogP contribution in [0.3, 0.4) is 0 Å². The van der Waals surface area contributed by atoms with Gasteiger partial charge in [0.15, 0.2) is 0 Å². The largest absolute Gasteiger partial charge is 0.342 e. The molecule has 2 amide bonds. The Balaban J connectivity index is 2.37. The van der Waals surface area contributed by atoms with Crippen molar-refractivity contribution < 1.29 is 9.59 Å². The molecule has 2 unspecified atom stereocenters. The number of hydrogen-bond acceptors (Lipinski definition) is 2. The van der Waals surface area contributed by atoms with Crippen LogP contribution in [0.5, 0.6) is 0 Å². The van der Waals surface area contributed by atoms with E-state index < -0.39 is 6.04 Å². The van der Waals surface area contributed by atoms with Gasteiger partial charge in [-0.3, -0.25) is 9.59 Å². The molecule has 108 valence electrons. The first-order valence-corrected chi connectivity index (χ1v) is 8.08. The van der Waals surface area contributed by atoms with Crippen molar-refractivity contribution in [2.24, 2.45) is 5.92 Å². The molecule has 2 rings (SSSR count). The average Bonchev–Trinajstić information content (AvgIpc) is 2.43. The van der Waals surface area contributed by atoms with Crippen LogP contribution in [0.2, 0.25) is 0 Å². The third-order valence-corrected chi connectivity index (χ3v) is 4.73. The predicted molar refractivity (Wildman–Crippen MR) is 85.6 cm³/mol. The van der Waals surface area contributed by atoms with E-state index in [1.807, 2.05) is 32.0 Å². The van der Waals surface area contributed by atoms with Crippen LogP contribution in [-0.4, -0.2) is 24.4 Å². The lowest BCUT2D eigenvalue weighted by molar-refractivity contribution is -0.132. The van der Waals surface area contributed by atoms with Crippen molar-refractivity contribution in [3.8, 4) is 0 Å². The van der Waals surface area contributed by atoms with Gasteiger partial charge in [0.1, 0.15) is 12.6 Å². The van der Waals surface area contributed by atoms with E-state index in [1.54, 1.807) is 4.90 Å². The molecule has 1 fully saturated rings. The summed E-state index contributed by atoms with van der Waals surface area (Å²) in [5, 5.41) is 2.79. The number of carbonyl (C=O) groups is 2. The molecule has 2 atom stereocenters. The van der Waals surface area contributed by atoms with Crippen LogP contribution in [0, 0.1) is 5.92 Å². The molecule has 0 saturated carbocycles. The Hall–Kier alpha value is -0.880. The van der Waals surface area contributed by atoms with Crippen molar-refractivity contribution >= 4 is 49.4 Å². The summed E-state index contributed by atoms with van der Waals surface area (Å²) in [7, 11) is 0. The summed E-state index contributed by atoms with van der Waals surface area (Å²) >= 11 is 6.84. The third kappa shape index (κ3) is 3.06. The van der Waals surface area contributed by atoms with Crippen molar-refractivity contribution in [1.29, 1.82) is 0 Å². The molecule has 20 heavy (non-hydrogen) atoms. The Morgan fingerprint density at radius 1 is 1.40 bits per heavy atom. The lowest BCUT2D eigenvalue weighted by atomic mass is 9.96. The van der Waals surface area contributed by atoms with Crippen LogP contribution < -0.4 is 10.2 Å². The van der Waals surface area contributed by atoms with Crippen molar-refractivity contribution in [2.45, 2.75) is 26.3 Å². The molecule has 4 nitrogen and oxygen atoms in total. The highest BCUT2D eigenvalue weighted by molar-refractivity contribution is 9.11. The number of nitrogens with zero attached hydrogens (tertiary/aromatic N) is 1. The Kier molecular flexibility index (Phi) is 4.86. The number of nitrogens with one attached hydrogen (secondary N) is 1. The Morgan fingerprint density at radius 3 is 2.75 bits per heavy atom. The van der Waals surface area contributed by atoms with Crippen molar-refractivity contribution in [3.05, 3.63) is 27.1 Å². The maximum Gasteiger partial charge on any atom is 0.250 e. The molecular weight excluding hydrogens is 388 g/mol. The van der Waals surface area contributed by atoms with E-state index in [9.17, 15) is 9.59 Å². The minimum absolute atomic E-state index is 0.0564. The van der Waals surface area contributed by atoms with E-state index in [1.165, 1.54) is 0 Å². The summed E-state index contributed by atoms with van der Waals surface area (Å²) in [5.41, 5.74) is 0.715. The van der Waals surface area contributed by atoms with Gasteiger partial charge in [0.2, 0.25) is 11.8 Å². The Labute approximate surface area is 135 Å². The summed E-state index contributed by atoms with van der Waals surface area (Å²) in [6.45, 7) is 4.04. The fourth-order valence-electron chi connectivity index (χ4n) is 2.19. The maximum absolute atomic E-state index is 12.6. The van der Waals surface area contributed by atoms with E-state index in [4.69, 9.17) is 0 Å². The first-order valence-electron chi connectivity index (χ1n) is 6.49. The minimum atomic E-state index is -0.452. The first-order chi connectivity index (χ1) is 9.43. The molecule has 1 aromatic rings. The van der Waals surface area contributed by atoms with E-state index in [0.717, 1.165) is 15.4 Å². The van der Waals surface area contributed by atoms with Crippen molar-refractivity contribution in [3.63, 3.8) is 0 Å². The summed E-state index contributed by atoms with van der Waals surface area (Å²) in [6, 6.07) is 5.13. The molecule has 1 aromatic carbocycles. The second-order valence-corrected chi connectivity index (χ2v) is 6.72. The van der Waals surface area contributed by atoms with E-state index in [2.05, 4.69) is 37.2 Å². The summed E-state index contributed by atoms with van der Waals surface area (Å²) in [5.74, 6) is -0.0697. The maximum atomic E-state index is 12.6. The second kappa shape index (κ2) is 6.26. The Bertz CT molecular complexity index is 548. The van der Waals surface area contributed by atoms with Gasteiger partial charge < -0.3 is 10.2 Å². The van der Waals surface area contributed by atoms with Gasteiger partial charge in [-0.05, 0) is 40.0 Å². The van der Waals surface area contributed by atoms with Gasteiger partial charge >= 0.3 is 0 Å². The smallest absolute Gasteiger partial charge is 0.250 e. The number of carbonyl (C=O) groups excluding carboxylic acids is 2. The summed E-state index contributed by atoms with van der Waals surface area (Å²) in [6.07, 6.45) is 0.837. The summed E-state index contributed by atoms with van der Waals surface area (Å²) in [4.78, 5) is 26.0. The quantitative estimate of drug-likeness (QED) is 0.842. The van der Waals surface area contributed by atoms with E-state index in [-0.39, 0.29) is 24.3 Å².